The SMILES string of the molecule is CCOC(OCC)C(C)N(Cc1cccc2cccnc12)C(=O)C(C)NC(=O)CONC(=O)NCc1ccc(Cl)cc1. The van der Waals surface area contributed by atoms with Crippen molar-refractivity contribution in [3.05, 3.63) is 76.9 Å². The summed E-state index contributed by atoms with van der Waals surface area (Å²) in [5.74, 6) is -0.929. The fourth-order valence-corrected chi connectivity index (χ4v) is 4.41. The van der Waals surface area contributed by atoms with Gasteiger partial charge in [-0.25, -0.2) is 10.3 Å². The highest BCUT2D eigenvalue weighted by molar-refractivity contribution is 6.30. The van der Waals surface area contributed by atoms with Gasteiger partial charge in [0.05, 0.1) is 11.6 Å². The van der Waals surface area contributed by atoms with E-state index < -0.39 is 36.9 Å². The summed E-state index contributed by atoms with van der Waals surface area (Å²) in [4.78, 5) is 49.5. The topological polar surface area (TPSA) is 131 Å². The van der Waals surface area contributed by atoms with Crippen molar-refractivity contribution in [3.8, 4) is 0 Å². The number of aromatic nitrogens is 1. The fraction of sp³-hybridized carbons (Fsp3) is 0.400. The highest BCUT2D eigenvalue weighted by Gasteiger charge is 2.32. The maximum atomic E-state index is 13.7. The Balaban J connectivity index is 1.61. The van der Waals surface area contributed by atoms with Gasteiger partial charge in [0.25, 0.3) is 0 Å². The molecule has 1 heterocycles. The Morgan fingerprint density at radius 3 is 2.36 bits per heavy atom. The molecule has 3 rings (SSSR count). The Bertz CT molecular complexity index is 1310. The van der Waals surface area contributed by atoms with Crippen molar-refractivity contribution in [2.75, 3.05) is 19.8 Å². The number of pyridine rings is 1. The van der Waals surface area contributed by atoms with E-state index in [1.807, 2.05) is 51.1 Å². The lowest BCUT2D eigenvalue weighted by molar-refractivity contribution is -0.179. The zero-order chi connectivity index (χ0) is 30.5. The van der Waals surface area contributed by atoms with Crippen molar-refractivity contribution < 1.29 is 28.7 Å². The normalized spacial score (nSPS) is 12.5. The number of ether oxygens (including phenoxy) is 2. The highest BCUT2D eigenvalue weighted by Crippen LogP contribution is 2.21. The van der Waals surface area contributed by atoms with Crippen molar-refractivity contribution in [3.63, 3.8) is 0 Å². The molecular formula is C30H38ClN5O6. The molecule has 3 N–H and O–H groups in total. The molecule has 12 heteroatoms. The summed E-state index contributed by atoms with van der Waals surface area (Å²) in [7, 11) is 0. The maximum Gasteiger partial charge on any atom is 0.338 e. The summed E-state index contributed by atoms with van der Waals surface area (Å²) in [6.45, 7) is 7.91. The molecule has 0 aliphatic rings. The van der Waals surface area contributed by atoms with Gasteiger partial charge < -0.3 is 25.0 Å². The molecule has 3 aromatic rings. The second kappa shape index (κ2) is 16.6. The number of carbonyl (C=O) groups is 3. The summed E-state index contributed by atoms with van der Waals surface area (Å²) in [5.41, 5.74) is 4.62. The molecule has 0 spiro atoms. The molecule has 4 amide bonds. The predicted octanol–water partition coefficient (Wildman–Crippen LogP) is 3.94. The van der Waals surface area contributed by atoms with Crippen LogP contribution in [0.5, 0.6) is 0 Å². The number of carbonyl (C=O) groups excluding carboxylic acids is 3. The predicted molar refractivity (Wildman–Crippen MR) is 159 cm³/mol. The van der Waals surface area contributed by atoms with Crippen LogP contribution in [-0.2, 0) is 37.0 Å². The Hall–Kier alpha value is -3.77. The maximum absolute atomic E-state index is 13.7. The first-order valence-electron chi connectivity index (χ1n) is 13.8. The van der Waals surface area contributed by atoms with E-state index in [0.29, 0.717) is 18.2 Å². The van der Waals surface area contributed by atoms with E-state index in [4.69, 9.17) is 25.9 Å². The first kappa shape index (κ1) is 32.7. The molecule has 0 aliphatic heterocycles. The van der Waals surface area contributed by atoms with Crippen molar-refractivity contribution in [2.45, 2.75) is 59.2 Å². The minimum atomic E-state index is -0.908. The lowest BCUT2D eigenvalue weighted by atomic mass is 10.1. The third-order valence-electron chi connectivity index (χ3n) is 6.37. The van der Waals surface area contributed by atoms with E-state index in [1.165, 1.54) is 0 Å². The third kappa shape index (κ3) is 9.66. The molecule has 0 saturated heterocycles. The van der Waals surface area contributed by atoms with Gasteiger partial charge in [0, 0.05) is 42.9 Å². The number of hydrogen-bond donors (Lipinski definition) is 3. The van der Waals surface area contributed by atoms with Crippen molar-refractivity contribution in [2.24, 2.45) is 0 Å². The molecule has 0 fully saturated rings. The molecule has 0 aliphatic carbocycles. The van der Waals surface area contributed by atoms with Crippen molar-refractivity contribution in [1.29, 1.82) is 0 Å². The van der Waals surface area contributed by atoms with E-state index in [-0.39, 0.29) is 19.0 Å². The van der Waals surface area contributed by atoms with Crippen LogP contribution >= 0.6 is 11.6 Å². The number of nitrogens with zero attached hydrogens (tertiary/aromatic N) is 2. The van der Waals surface area contributed by atoms with Crippen LogP contribution in [0.25, 0.3) is 10.9 Å². The quantitative estimate of drug-likeness (QED) is 0.178. The van der Waals surface area contributed by atoms with Crippen molar-refractivity contribution in [1.82, 2.24) is 26.0 Å². The van der Waals surface area contributed by atoms with Crippen LogP contribution in [0.15, 0.2) is 60.8 Å². The molecule has 0 saturated carbocycles. The van der Waals surface area contributed by atoms with Crippen LogP contribution in [0.3, 0.4) is 0 Å². The molecule has 0 bridgehead atoms. The lowest BCUT2D eigenvalue weighted by Crippen LogP contribution is -2.54. The summed E-state index contributed by atoms with van der Waals surface area (Å²) >= 11 is 5.86. The van der Waals surface area contributed by atoms with E-state index in [9.17, 15) is 14.4 Å². The largest absolute Gasteiger partial charge is 0.351 e. The highest BCUT2D eigenvalue weighted by atomic mass is 35.5. The standard InChI is InChI=1S/C30H38ClN5O6/c1-5-40-29(41-6-2)21(4)36(18-24-10-7-9-23-11-8-16-32-27(23)24)28(38)20(3)34-26(37)19-42-35-30(39)33-17-22-12-14-25(31)15-13-22/h7-16,20-21,29H,5-6,17-19H2,1-4H3,(H,34,37)(H2,33,35,39). The van der Waals surface area contributed by atoms with Gasteiger partial charge in [0.2, 0.25) is 11.8 Å². The molecule has 2 atom stereocenters. The second-order valence-corrected chi connectivity index (χ2v) is 9.90. The number of hydrogen-bond acceptors (Lipinski definition) is 7. The minimum absolute atomic E-state index is 0.219. The molecule has 2 unspecified atom stereocenters. The van der Waals surface area contributed by atoms with Crippen LogP contribution < -0.4 is 16.1 Å². The Kier molecular flexibility index (Phi) is 13.0. The number of nitrogens with one attached hydrogen (secondary N) is 3. The molecular weight excluding hydrogens is 562 g/mol. The van der Waals surface area contributed by atoms with Gasteiger partial charge in [-0.2, -0.15) is 0 Å². The molecule has 226 valence electrons. The van der Waals surface area contributed by atoms with Crippen LogP contribution in [0.2, 0.25) is 5.02 Å². The number of benzene rings is 2. The summed E-state index contributed by atoms with van der Waals surface area (Å²) in [6, 6.07) is 14.6. The molecule has 42 heavy (non-hydrogen) atoms. The van der Waals surface area contributed by atoms with Crippen LogP contribution in [0.4, 0.5) is 4.79 Å². The average molecular weight is 600 g/mol. The molecule has 0 radical (unpaired) electrons. The van der Waals surface area contributed by atoms with Gasteiger partial charge in [0.1, 0.15) is 6.04 Å². The zero-order valence-corrected chi connectivity index (χ0v) is 25.0. The number of fused-ring (bicyclic) bond motifs is 1. The van der Waals surface area contributed by atoms with Crippen molar-refractivity contribution >= 4 is 40.3 Å². The smallest absolute Gasteiger partial charge is 0.338 e. The molecule has 1 aromatic heterocycles. The number of para-hydroxylation sites is 1. The molecule has 11 nitrogen and oxygen atoms in total. The van der Waals surface area contributed by atoms with Gasteiger partial charge >= 0.3 is 6.03 Å². The second-order valence-electron chi connectivity index (χ2n) is 9.47. The number of halogens is 1. The first-order valence-corrected chi connectivity index (χ1v) is 14.2. The Morgan fingerprint density at radius 1 is 0.976 bits per heavy atom. The van der Waals surface area contributed by atoms with Gasteiger partial charge in [0.15, 0.2) is 12.9 Å². The summed E-state index contributed by atoms with van der Waals surface area (Å²) in [5, 5.41) is 6.79. The number of urea groups is 1. The fourth-order valence-electron chi connectivity index (χ4n) is 4.28. The van der Waals surface area contributed by atoms with Gasteiger partial charge in [-0.1, -0.05) is 48.0 Å². The van der Waals surface area contributed by atoms with E-state index in [2.05, 4.69) is 21.1 Å². The van der Waals surface area contributed by atoms with E-state index in [0.717, 1.165) is 22.0 Å². The average Bonchev–Trinajstić information content (AvgIpc) is 2.98. The van der Waals surface area contributed by atoms with Crippen LogP contribution in [0.1, 0.15) is 38.8 Å². The van der Waals surface area contributed by atoms with Gasteiger partial charge in [-0.15, -0.1) is 0 Å². The van der Waals surface area contributed by atoms with Crippen LogP contribution in [-0.4, -0.2) is 65.9 Å². The number of amides is 4. The van der Waals surface area contributed by atoms with Gasteiger partial charge in [-0.05, 0) is 57.0 Å². The minimum Gasteiger partial charge on any atom is -0.351 e. The zero-order valence-electron chi connectivity index (χ0n) is 24.3. The molecule has 2 aromatic carbocycles. The summed E-state index contributed by atoms with van der Waals surface area (Å²) in [6.07, 6.45) is 1.04. The third-order valence-corrected chi connectivity index (χ3v) is 6.62. The van der Waals surface area contributed by atoms with Crippen LogP contribution in [0, 0.1) is 0 Å². The monoisotopic (exact) mass is 599 g/mol. The summed E-state index contributed by atoms with van der Waals surface area (Å²) < 4.78 is 11.6. The van der Waals surface area contributed by atoms with Gasteiger partial charge in [-0.3, -0.25) is 19.4 Å². The van der Waals surface area contributed by atoms with E-state index in [1.54, 1.807) is 42.3 Å². The lowest BCUT2D eigenvalue weighted by Gasteiger charge is -2.36. The first-order chi connectivity index (χ1) is 20.2. The number of hydroxylamine groups is 1. The Morgan fingerprint density at radius 2 is 1.67 bits per heavy atom. The Labute approximate surface area is 250 Å². The van der Waals surface area contributed by atoms with E-state index >= 15 is 0 Å². The number of rotatable bonds is 15.